The molecule has 2 heterocycles. The van der Waals surface area contributed by atoms with Crippen LogP contribution in [0.5, 0.6) is 0 Å². The molecule has 6 N–H and O–H groups in total. The van der Waals surface area contributed by atoms with Crippen LogP contribution in [0.1, 0.15) is 33.1 Å². The number of hydrazone groups is 1. The number of ether oxygens (including phenoxy) is 2. The number of amides is 1. The van der Waals surface area contributed by atoms with Crippen LogP contribution in [-0.4, -0.2) is 71.5 Å². The first-order valence-electron chi connectivity index (χ1n) is 10.2. The van der Waals surface area contributed by atoms with Gasteiger partial charge < -0.3 is 25.6 Å². The molecule has 180 valence electrons. The molecular formula is C21H30FN7O4. The summed E-state index contributed by atoms with van der Waals surface area (Å²) in [6.45, 7) is 5.44. The molecule has 33 heavy (non-hydrogen) atoms. The molecule has 0 saturated carbocycles. The quantitative estimate of drug-likeness (QED) is 0.200. The van der Waals surface area contributed by atoms with Crippen molar-refractivity contribution in [2.24, 2.45) is 16.7 Å². The van der Waals surface area contributed by atoms with Crippen molar-refractivity contribution in [3.8, 4) is 0 Å². The molecule has 0 bridgehead atoms. The molecule has 1 aliphatic rings. The number of nitrogens with two attached hydrogens (primary N) is 2. The molecule has 1 amide bonds. The number of hydrazine groups is 1. The molecular weight excluding hydrogens is 433 g/mol. The molecule has 0 spiro atoms. The number of nitrogens with zero attached hydrogens (tertiary/aromatic N) is 4. The minimum Gasteiger partial charge on any atom is -0.394 e. The lowest BCUT2D eigenvalue weighted by Crippen LogP contribution is -2.31. The maximum Gasteiger partial charge on any atom is 0.270 e. The van der Waals surface area contributed by atoms with Crippen LogP contribution in [-0.2, 0) is 16.0 Å². The topological polar surface area (TPSA) is 161 Å². The molecule has 3 rings (SSSR count). The second kappa shape index (κ2) is 12.7. The van der Waals surface area contributed by atoms with Crippen molar-refractivity contribution in [3.63, 3.8) is 0 Å². The highest BCUT2D eigenvalue weighted by molar-refractivity contribution is 5.99. The van der Waals surface area contributed by atoms with Gasteiger partial charge in [-0.15, -0.1) is 5.10 Å². The fourth-order valence-corrected chi connectivity index (χ4v) is 2.77. The van der Waals surface area contributed by atoms with E-state index in [4.69, 9.17) is 26.2 Å². The van der Waals surface area contributed by atoms with E-state index in [-0.39, 0.29) is 36.6 Å². The number of aromatic nitrogens is 2. The third-order valence-electron chi connectivity index (χ3n) is 4.36. The van der Waals surface area contributed by atoms with Crippen LogP contribution in [0.3, 0.4) is 0 Å². The van der Waals surface area contributed by atoms with Crippen LogP contribution in [0.4, 0.5) is 4.39 Å². The predicted molar refractivity (Wildman–Crippen MR) is 119 cm³/mol. The lowest BCUT2D eigenvalue weighted by Gasteiger charge is -2.20. The van der Waals surface area contributed by atoms with E-state index in [1.54, 1.807) is 26.0 Å². The van der Waals surface area contributed by atoms with Crippen LogP contribution in [0, 0.1) is 19.7 Å². The van der Waals surface area contributed by atoms with Crippen molar-refractivity contribution in [1.29, 1.82) is 0 Å². The smallest absolute Gasteiger partial charge is 0.270 e. The fraction of sp³-hybridized carbons (Fsp3) is 0.429. The molecule has 0 radical (unpaired) electrons. The summed E-state index contributed by atoms with van der Waals surface area (Å²) >= 11 is 0. The van der Waals surface area contributed by atoms with Gasteiger partial charge in [-0.05, 0) is 37.1 Å². The molecule has 1 aliphatic heterocycles. The number of rotatable bonds is 6. The number of aliphatic hydroxyl groups excluding tert-OH is 1. The zero-order valence-electron chi connectivity index (χ0n) is 18.9. The average Bonchev–Trinajstić information content (AvgIpc) is 2.79. The predicted octanol–water partition coefficient (Wildman–Crippen LogP) is -0.0176. The summed E-state index contributed by atoms with van der Waals surface area (Å²) in [6, 6.07) is 6.08. The summed E-state index contributed by atoms with van der Waals surface area (Å²) in [6.07, 6.45) is -0.0799. The van der Waals surface area contributed by atoms with Crippen molar-refractivity contribution < 1.29 is 23.8 Å². The van der Waals surface area contributed by atoms with E-state index in [0.717, 1.165) is 10.7 Å². The van der Waals surface area contributed by atoms with Crippen LogP contribution in [0.25, 0.3) is 0 Å². The van der Waals surface area contributed by atoms with Gasteiger partial charge in [0.05, 0.1) is 26.4 Å². The molecule has 0 aliphatic carbocycles. The van der Waals surface area contributed by atoms with E-state index in [0.29, 0.717) is 36.9 Å². The number of hydrogen-bond donors (Lipinski definition) is 4. The number of carbonyl (C=O) groups excluding carboxylic acids is 1. The van der Waals surface area contributed by atoms with Gasteiger partial charge in [0.2, 0.25) is 0 Å². The number of aryl methyl sites for hydroxylation is 2. The zero-order valence-corrected chi connectivity index (χ0v) is 18.9. The Bertz CT molecular complexity index is 966. The Balaban J connectivity index is 0.000000405. The number of hydrogen-bond acceptors (Lipinski definition) is 9. The Morgan fingerprint density at radius 3 is 2.61 bits per heavy atom. The Hall–Kier alpha value is -3.19. The zero-order chi connectivity index (χ0) is 24.4. The number of amidine groups is 1. The van der Waals surface area contributed by atoms with Crippen LogP contribution in [0.2, 0.25) is 0 Å². The molecule has 1 saturated heterocycles. The van der Waals surface area contributed by atoms with Gasteiger partial charge in [0, 0.05) is 13.6 Å². The number of benzene rings is 1. The Kier molecular flexibility index (Phi) is 10.1. The van der Waals surface area contributed by atoms with Gasteiger partial charge in [0.15, 0.2) is 5.84 Å². The normalized spacial score (nSPS) is 15.9. The van der Waals surface area contributed by atoms with E-state index < -0.39 is 5.91 Å². The minimum atomic E-state index is -0.400. The molecule has 2 aromatic rings. The molecule has 12 heteroatoms. The highest BCUT2D eigenvalue weighted by atomic mass is 19.1. The van der Waals surface area contributed by atoms with Gasteiger partial charge in [0.1, 0.15) is 29.1 Å². The third kappa shape index (κ3) is 8.69. The van der Waals surface area contributed by atoms with E-state index in [2.05, 4.69) is 20.4 Å². The van der Waals surface area contributed by atoms with Crippen LogP contribution >= 0.6 is 0 Å². The fourth-order valence-electron chi connectivity index (χ4n) is 2.77. The second-order valence-corrected chi connectivity index (χ2v) is 7.26. The summed E-state index contributed by atoms with van der Waals surface area (Å²) in [7, 11) is 1.51. The monoisotopic (exact) mass is 463 g/mol. The number of aliphatic hydroxyl groups is 1. The summed E-state index contributed by atoms with van der Waals surface area (Å²) in [5.41, 5.74) is 7.55. The van der Waals surface area contributed by atoms with Gasteiger partial charge in [-0.2, -0.15) is 0 Å². The maximum atomic E-state index is 13.3. The highest BCUT2D eigenvalue weighted by Gasteiger charge is 2.13. The molecule has 1 atom stereocenters. The number of carbonyl (C=O) groups is 1. The third-order valence-corrected chi connectivity index (χ3v) is 4.36. The largest absolute Gasteiger partial charge is 0.394 e. The van der Waals surface area contributed by atoms with Crippen LogP contribution in [0.15, 0.2) is 29.4 Å². The first kappa shape index (κ1) is 26.1. The average molecular weight is 464 g/mol. The van der Waals surface area contributed by atoms with Gasteiger partial charge in [-0.3, -0.25) is 4.79 Å². The molecule has 1 aromatic carbocycles. The van der Waals surface area contributed by atoms with E-state index in [1.165, 1.54) is 19.2 Å². The number of nitrogens with one attached hydrogen (secondary N) is 1. The number of halogens is 1. The molecule has 1 fully saturated rings. The van der Waals surface area contributed by atoms with E-state index >= 15 is 0 Å². The summed E-state index contributed by atoms with van der Waals surface area (Å²) in [5.74, 6) is 5.17. The van der Waals surface area contributed by atoms with Gasteiger partial charge in [0.25, 0.3) is 5.91 Å². The molecule has 1 aromatic heterocycles. The maximum absolute atomic E-state index is 13.3. The van der Waals surface area contributed by atoms with Crippen molar-refractivity contribution in [1.82, 2.24) is 20.4 Å². The van der Waals surface area contributed by atoms with Crippen molar-refractivity contribution in [2.45, 2.75) is 26.5 Å². The Morgan fingerprint density at radius 1 is 1.30 bits per heavy atom. The minimum absolute atomic E-state index is 0.0682. The van der Waals surface area contributed by atoms with E-state index in [1.807, 2.05) is 0 Å². The highest BCUT2D eigenvalue weighted by Crippen LogP contribution is 2.09. The SMILES string of the molecule is Cc1nc(C(=O)NCc2ccc(F)c(C)c2)cc(/C(N)=N/N(C)N)n1.OC[C@@H]1COCCO1. The summed E-state index contributed by atoms with van der Waals surface area (Å²) in [5, 5.41) is 16.1. The van der Waals surface area contributed by atoms with Crippen molar-refractivity contribution >= 4 is 11.7 Å². The van der Waals surface area contributed by atoms with Gasteiger partial charge in [-0.25, -0.2) is 25.3 Å². The summed E-state index contributed by atoms with van der Waals surface area (Å²) < 4.78 is 23.3. The lowest BCUT2D eigenvalue weighted by molar-refractivity contribution is -0.105. The van der Waals surface area contributed by atoms with Crippen molar-refractivity contribution in [2.75, 3.05) is 33.5 Å². The van der Waals surface area contributed by atoms with E-state index in [9.17, 15) is 9.18 Å². The Labute approximate surface area is 191 Å². The van der Waals surface area contributed by atoms with Gasteiger partial charge in [-0.1, -0.05) is 12.1 Å². The van der Waals surface area contributed by atoms with Gasteiger partial charge >= 0.3 is 0 Å². The molecule has 0 unspecified atom stereocenters. The molecule has 11 nitrogen and oxygen atoms in total. The Morgan fingerprint density at radius 2 is 2.03 bits per heavy atom. The summed E-state index contributed by atoms with van der Waals surface area (Å²) in [4.78, 5) is 20.6. The first-order valence-corrected chi connectivity index (χ1v) is 10.2. The lowest BCUT2D eigenvalue weighted by atomic mass is 10.1. The second-order valence-electron chi connectivity index (χ2n) is 7.26. The standard InChI is InChI=1S/C16H20FN7O.C5H10O3/c1-9-6-11(4-5-12(9)17)8-20-16(25)14-7-13(21-10(2)22-14)15(18)23-24(3)19;6-3-5-4-7-1-2-8-5/h4-7H,8,19H2,1-3H3,(H2,18,23)(H,20,25);5-6H,1-4H2/t;5-/m.1/s1. The van der Waals surface area contributed by atoms with Crippen molar-refractivity contribution in [3.05, 3.63) is 58.4 Å². The van der Waals surface area contributed by atoms with Crippen LogP contribution < -0.4 is 16.9 Å². The first-order chi connectivity index (χ1) is 15.7.